The van der Waals surface area contributed by atoms with Crippen molar-refractivity contribution < 1.29 is 14.3 Å². The normalized spacial score (nSPS) is 17.1. The monoisotopic (exact) mass is 287 g/mol. The largest absolute Gasteiger partial charge is 0.445 e. The SMILES string of the molecule is CN(C#N)C(=O)[C@H]1CCCN1C(=O)OCc1ccccc1. The van der Waals surface area contributed by atoms with E-state index in [0.29, 0.717) is 13.0 Å². The molecule has 2 rings (SSSR count). The quantitative estimate of drug-likeness (QED) is 0.627. The van der Waals surface area contributed by atoms with Crippen LogP contribution in [0.2, 0.25) is 0 Å². The summed E-state index contributed by atoms with van der Waals surface area (Å²) in [5.74, 6) is -0.369. The molecule has 0 saturated carbocycles. The van der Waals surface area contributed by atoms with Gasteiger partial charge in [-0.05, 0) is 18.4 Å². The van der Waals surface area contributed by atoms with Gasteiger partial charge in [-0.3, -0.25) is 14.6 Å². The van der Waals surface area contributed by atoms with E-state index in [1.165, 1.54) is 11.9 Å². The molecule has 6 heteroatoms. The number of likely N-dealkylation sites (N-methyl/N-ethyl adjacent to an activating group) is 1. The van der Waals surface area contributed by atoms with E-state index in [9.17, 15) is 9.59 Å². The van der Waals surface area contributed by atoms with E-state index in [-0.39, 0.29) is 12.5 Å². The molecular weight excluding hydrogens is 270 g/mol. The summed E-state index contributed by atoms with van der Waals surface area (Å²) in [6.07, 6.45) is 2.54. The maximum Gasteiger partial charge on any atom is 0.410 e. The molecule has 21 heavy (non-hydrogen) atoms. The Labute approximate surface area is 123 Å². The van der Waals surface area contributed by atoms with E-state index in [2.05, 4.69) is 0 Å². The Morgan fingerprint density at radius 2 is 2.14 bits per heavy atom. The first-order chi connectivity index (χ1) is 10.1. The van der Waals surface area contributed by atoms with E-state index < -0.39 is 12.1 Å². The molecule has 1 aromatic rings. The van der Waals surface area contributed by atoms with E-state index in [1.54, 1.807) is 6.19 Å². The van der Waals surface area contributed by atoms with Gasteiger partial charge in [-0.15, -0.1) is 0 Å². The summed E-state index contributed by atoms with van der Waals surface area (Å²) in [5, 5.41) is 8.76. The van der Waals surface area contributed by atoms with Gasteiger partial charge in [0.05, 0.1) is 0 Å². The number of benzene rings is 1. The topological polar surface area (TPSA) is 73.6 Å². The Hall–Kier alpha value is -2.55. The second kappa shape index (κ2) is 6.75. The first kappa shape index (κ1) is 14.9. The number of hydrogen-bond donors (Lipinski definition) is 0. The van der Waals surface area contributed by atoms with Crippen molar-refractivity contribution in [1.82, 2.24) is 9.80 Å². The van der Waals surface area contributed by atoms with Crippen LogP contribution < -0.4 is 0 Å². The van der Waals surface area contributed by atoms with Crippen molar-refractivity contribution in [2.75, 3.05) is 13.6 Å². The Bertz CT molecular complexity index is 553. The molecule has 1 fully saturated rings. The molecule has 1 aliphatic rings. The molecule has 0 aromatic heterocycles. The van der Waals surface area contributed by atoms with Crippen molar-refractivity contribution in [1.29, 1.82) is 5.26 Å². The highest BCUT2D eigenvalue weighted by Crippen LogP contribution is 2.20. The molecule has 6 nitrogen and oxygen atoms in total. The predicted octanol–water partition coefficient (Wildman–Crippen LogP) is 1.73. The van der Waals surface area contributed by atoms with Crippen molar-refractivity contribution >= 4 is 12.0 Å². The van der Waals surface area contributed by atoms with Gasteiger partial charge >= 0.3 is 6.09 Å². The fourth-order valence-corrected chi connectivity index (χ4v) is 2.32. The lowest BCUT2D eigenvalue weighted by Gasteiger charge is -2.24. The zero-order chi connectivity index (χ0) is 15.2. The average molecular weight is 287 g/mol. The van der Waals surface area contributed by atoms with Crippen molar-refractivity contribution in [3.8, 4) is 6.19 Å². The summed E-state index contributed by atoms with van der Waals surface area (Å²) in [6.45, 7) is 0.647. The third-order valence-electron chi connectivity index (χ3n) is 3.46. The van der Waals surface area contributed by atoms with Crippen LogP contribution in [0.25, 0.3) is 0 Å². The third-order valence-corrected chi connectivity index (χ3v) is 3.46. The lowest BCUT2D eigenvalue weighted by Crippen LogP contribution is -2.45. The number of nitrogens with zero attached hydrogens (tertiary/aromatic N) is 3. The zero-order valence-corrected chi connectivity index (χ0v) is 11.9. The highest BCUT2D eigenvalue weighted by Gasteiger charge is 2.36. The van der Waals surface area contributed by atoms with Gasteiger partial charge in [0, 0.05) is 13.6 Å². The van der Waals surface area contributed by atoms with Crippen LogP contribution in [0.4, 0.5) is 4.79 Å². The molecule has 1 aromatic carbocycles. The Morgan fingerprint density at radius 1 is 1.43 bits per heavy atom. The summed E-state index contributed by atoms with van der Waals surface area (Å²) in [4.78, 5) is 26.5. The number of amides is 2. The predicted molar refractivity (Wildman–Crippen MR) is 74.7 cm³/mol. The highest BCUT2D eigenvalue weighted by atomic mass is 16.6. The number of likely N-dealkylation sites (tertiary alicyclic amines) is 1. The Morgan fingerprint density at radius 3 is 2.81 bits per heavy atom. The molecule has 0 radical (unpaired) electrons. The smallest absolute Gasteiger partial charge is 0.410 e. The molecule has 1 aliphatic heterocycles. The molecule has 0 unspecified atom stereocenters. The van der Waals surface area contributed by atoms with Gasteiger partial charge in [0.2, 0.25) is 0 Å². The van der Waals surface area contributed by atoms with Crippen molar-refractivity contribution in [2.45, 2.75) is 25.5 Å². The Balaban J connectivity index is 1.95. The van der Waals surface area contributed by atoms with Crippen molar-refractivity contribution in [3.05, 3.63) is 35.9 Å². The van der Waals surface area contributed by atoms with E-state index in [1.807, 2.05) is 30.3 Å². The molecule has 2 amide bonds. The van der Waals surface area contributed by atoms with Crippen LogP contribution >= 0.6 is 0 Å². The highest BCUT2D eigenvalue weighted by molar-refractivity contribution is 5.87. The minimum absolute atomic E-state index is 0.172. The maximum atomic E-state index is 12.1. The van der Waals surface area contributed by atoms with Crippen LogP contribution in [0.5, 0.6) is 0 Å². The van der Waals surface area contributed by atoms with Gasteiger partial charge in [0.25, 0.3) is 5.91 Å². The lowest BCUT2D eigenvalue weighted by molar-refractivity contribution is -0.131. The number of rotatable bonds is 3. The molecule has 110 valence electrons. The standard InChI is InChI=1S/C15H17N3O3/c1-17(11-16)14(19)13-8-5-9-18(13)15(20)21-10-12-6-3-2-4-7-12/h2-4,6-7,13H,5,8-10H2,1H3/t13-/m1/s1. The van der Waals surface area contributed by atoms with Gasteiger partial charge in [-0.1, -0.05) is 30.3 Å². The van der Waals surface area contributed by atoms with E-state index in [4.69, 9.17) is 10.00 Å². The number of nitriles is 1. The number of hydrogen-bond acceptors (Lipinski definition) is 4. The summed E-state index contributed by atoms with van der Waals surface area (Å²) in [6, 6.07) is 8.75. The molecule has 1 heterocycles. The molecular formula is C15H17N3O3. The fourth-order valence-electron chi connectivity index (χ4n) is 2.32. The van der Waals surface area contributed by atoms with Gasteiger partial charge in [0.1, 0.15) is 12.6 Å². The summed E-state index contributed by atoms with van der Waals surface area (Å²) < 4.78 is 5.24. The zero-order valence-electron chi connectivity index (χ0n) is 11.9. The van der Waals surface area contributed by atoms with Crippen molar-refractivity contribution in [3.63, 3.8) is 0 Å². The molecule has 0 bridgehead atoms. The third kappa shape index (κ3) is 3.51. The maximum absolute atomic E-state index is 12.1. The summed E-state index contributed by atoms with van der Waals surface area (Å²) in [5.41, 5.74) is 0.891. The van der Waals surface area contributed by atoms with Gasteiger partial charge in [-0.25, -0.2) is 4.79 Å². The first-order valence-electron chi connectivity index (χ1n) is 6.78. The van der Waals surface area contributed by atoms with Crippen LogP contribution in [-0.2, 0) is 16.1 Å². The molecule has 1 saturated heterocycles. The molecule has 0 aliphatic carbocycles. The second-order valence-electron chi connectivity index (χ2n) is 4.89. The molecule has 1 atom stereocenters. The minimum Gasteiger partial charge on any atom is -0.445 e. The van der Waals surface area contributed by atoms with E-state index >= 15 is 0 Å². The van der Waals surface area contributed by atoms with Crippen molar-refractivity contribution in [2.24, 2.45) is 0 Å². The number of carbonyl (C=O) groups excluding carboxylic acids is 2. The first-order valence-corrected chi connectivity index (χ1v) is 6.78. The van der Waals surface area contributed by atoms with Crippen LogP contribution in [0.1, 0.15) is 18.4 Å². The van der Waals surface area contributed by atoms with E-state index in [0.717, 1.165) is 16.9 Å². The van der Waals surface area contributed by atoms with Gasteiger partial charge in [-0.2, -0.15) is 5.26 Å². The van der Waals surface area contributed by atoms with Crippen LogP contribution in [0.3, 0.4) is 0 Å². The lowest BCUT2D eigenvalue weighted by atomic mass is 10.2. The Kier molecular flexibility index (Phi) is 4.77. The second-order valence-corrected chi connectivity index (χ2v) is 4.89. The summed E-state index contributed by atoms with van der Waals surface area (Å²) in [7, 11) is 1.40. The summed E-state index contributed by atoms with van der Waals surface area (Å²) >= 11 is 0. The molecule has 0 spiro atoms. The van der Waals surface area contributed by atoms with Crippen LogP contribution in [0, 0.1) is 11.5 Å². The minimum atomic E-state index is -0.599. The van der Waals surface area contributed by atoms with Crippen LogP contribution in [0.15, 0.2) is 30.3 Å². The average Bonchev–Trinajstić information content (AvgIpc) is 3.01. The number of carbonyl (C=O) groups is 2. The van der Waals surface area contributed by atoms with Gasteiger partial charge < -0.3 is 4.74 Å². The number of ether oxygens (including phenoxy) is 1. The van der Waals surface area contributed by atoms with Crippen LogP contribution in [-0.4, -0.2) is 41.4 Å². The molecule has 0 N–H and O–H groups in total. The fraction of sp³-hybridized carbons (Fsp3) is 0.400. The van der Waals surface area contributed by atoms with Gasteiger partial charge in [0.15, 0.2) is 6.19 Å².